The molecule has 0 aliphatic heterocycles. The molecule has 2 aromatic carbocycles. The molecule has 0 spiro atoms. The van der Waals surface area contributed by atoms with Crippen LogP contribution in [0.15, 0.2) is 73.1 Å². The summed E-state index contributed by atoms with van der Waals surface area (Å²) in [6.07, 6.45) is 2.33. The number of aromatic nitrogens is 4. The van der Waals surface area contributed by atoms with Gasteiger partial charge in [0.1, 0.15) is 5.76 Å². The fourth-order valence-electron chi connectivity index (χ4n) is 3.73. The van der Waals surface area contributed by atoms with E-state index in [1.54, 1.807) is 16.5 Å². The van der Waals surface area contributed by atoms with Gasteiger partial charge in [-0.15, -0.1) is 10.2 Å². The van der Waals surface area contributed by atoms with Crippen LogP contribution in [0.25, 0.3) is 27.3 Å². The molecule has 5 rings (SSSR count). The van der Waals surface area contributed by atoms with Crippen LogP contribution < -0.4 is 10.6 Å². The van der Waals surface area contributed by atoms with Crippen molar-refractivity contribution >= 4 is 55.5 Å². The average Bonchev–Trinajstić information content (AvgIpc) is 3.46. The number of aliphatic hydroxyl groups excluding tert-OH is 1. The lowest BCUT2D eigenvalue weighted by Crippen LogP contribution is -2.35. The summed E-state index contributed by atoms with van der Waals surface area (Å²) in [4.78, 5) is 17.4. The molecule has 3 aromatic heterocycles. The Hall–Kier alpha value is -3.95. The number of nitrogens with one attached hydrogen (secondary N) is 2. The minimum Gasteiger partial charge on any atom is -0.511 e. The molecule has 0 saturated heterocycles. The Morgan fingerprint density at radius 1 is 1.20 bits per heavy atom. The SMILES string of the molecule is C=C(O)[C@H](CC)NC(=O)c1cccn2c(-c3ccc(Nc4nc5ccc(Cl)cc5s4)cc3)nnc12. The van der Waals surface area contributed by atoms with Crippen LogP contribution in [0, 0.1) is 0 Å². The first-order valence-corrected chi connectivity index (χ1v) is 12.1. The molecule has 0 aliphatic rings. The van der Waals surface area contributed by atoms with E-state index in [-0.39, 0.29) is 11.7 Å². The quantitative estimate of drug-likeness (QED) is 0.235. The van der Waals surface area contributed by atoms with Crippen LogP contribution in [0.1, 0.15) is 23.7 Å². The van der Waals surface area contributed by atoms with Crippen molar-refractivity contribution in [2.75, 3.05) is 5.32 Å². The number of hydrogen-bond acceptors (Lipinski definition) is 7. The number of nitrogens with zero attached hydrogens (tertiary/aromatic N) is 4. The van der Waals surface area contributed by atoms with Gasteiger partial charge < -0.3 is 15.7 Å². The first-order chi connectivity index (χ1) is 16.9. The molecule has 0 fully saturated rings. The van der Waals surface area contributed by atoms with Crippen molar-refractivity contribution in [3.05, 3.63) is 83.7 Å². The minimum absolute atomic E-state index is 0.0849. The molecule has 10 heteroatoms. The molecule has 35 heavy (non-hydrogen) atoms. The topological polar surface area (TPSA) is 104 Å². The maximum Gasteiger partial charge on any atom is 0.255 e. The number of carbonyl (C=O) groups is 1. The van der Waals surface area contributed by atoms with Gasteiger partial charge in [-0.1, -0.05) is 36.4 Å². The zero-order chi connectivity index (χ0) is 24.5. The second-order valence-corrected chi connectivity index (χ2v) is 9.37. The second-order valence-electron chi connectivity index (χ2n) is 7.90. The molecule has 0 saturated carbocycles. The van der Waals surface area contributed by atoms with E-state index in [0.717, 1.165) is 26.6 Å². The maximum absolute atomic E-state index is 12.8. The molecule has 176 valence electrons. The molecule has 5 aromatic rings. The summed E-state index contributed by atoms with van der Waals surface area (Å²) >= 11 is 7.60. The smallest absolute Gasteiger partial charge is 0.255 e. The summed E-state index contributed by atoms with van der Waals surface area (Å²) in [6, 6.07) is 16.3. The van der Waals surface area contributed by atoms with Crippen LogP contribution >= 0.6 is 22.9 Å². The lowest BCUT2D eigenvalue weighted by molar-refractivity contribution is 0.0934. The van der Waals surface area contributed by atoms with E-state index in [1.807, 2.05) is 55.6 Å². The number of fused-ring (bicyclic) bond motifs is 2. The third-order valence-electron chi connectivity index (χ3n) is 5.54. The summed E-state index contributed by atoms with van der Waals surface area (Å²) in [5, 5.41) is 25.8. The summed E-state index contributed by atoms with van der Waals surface area (Å²) in [7, 11) is 0. The Morgan fingerprint density at radius 3 is 2.74 bits per heavy atom. The van der Waals surface area contributed by atoms with Gasteiger partial charge in [0.25, 0.3) is 5.91 Å². The third-order valence-corrected chi connectivity index (χ3v) is 6.71. The van der Waals surface area contributed by atoms with Crippen LogP contribution in [0.4, 0.5) is 10.8 Å². The average molecular weight is 505 g/mol. The van der Waals surface area contributed by atoms with Crippen LogP contribution in [0.2, 0.25) is 5.02 Å². The van der Waals surface area contributed by atoms with Crippen molar-refractivity contribution in [1.82, 2.24) is 24.9 Å². The molecule has 3 N–H and O–H groups in total. The maximum atomic E-state index is 12.8. The van der Waals surface area contributed by atoms with E-state index in [2.05, 4.69) is 32.4 Å². The number of anilines is 2. The largest absolute Gasteiger partial charge is 0.511 e. The minimum atomic E-state index is -0.530. The van der Waals surface area contributed by atoms with Crippen molar-refractivity contribution in [2.24, 2.45) is 0 Å². The summed E-state index contributed by atoms with van der Waals surface area (Å²) < 4.78 is 2.78. The Balaban J connectivity index is 1.39. The predicted molar refractivity (Wildman–Crippen MR) is 140 cm³/mol. The number of carbonyl (C=O) groups excluding carboxylic acids is 1. The molecule has 0 radical (unpaired) electrons. The van der Waals surface area contributed by atoms with Crippen molar-refractivity contribution in [2.45, 2.75) is 19.4 Å². The Morgan fingerprint density at radius 2 is 2.00 bits per heavy atom. The fraction of sp³-hybridized carbons (Fsp3) is 0.120. The van der Waals surface area contributed by atoms with Gasteiger partial charge in [0.2, 0.25) is 0 Å². The van der Waals surface area contributed by atoms with E-state index in [1.165, 1.54) is 11.3 Å². The fourth-order valence-corrected chi connectivity index (χ4v) is 4.89. The zero-order valence-corrected chi connectivity index (χ0v) is 20.3. The van der Waals surface area contributed by atoms with Crippen LogP contribution in [0.3, 0.4) is 0 Å². The molecule has 1 amide bonds. The number of benzene rings is 2. The number of pyridine rings is 1. The standard InChI is InChI=1S/C25H21ClN6O2S/c1-3-19(14(2)33)28-24(34)18-5-4-12-32-22(30-31-23(18)32)15-6-9-17(10-7-15)27-25-29-20-11-8-16(26)13-21(20)35-25/h4-13,19,33H,2-3H2,1H3,(H,27,29)(H,28,34)/t19-/m0/s1. The van der Waals surface area contributed by atoms with Crippen LogP contribution in [-0.4, -0.2) is 36.6 Å². The Kier molecular flexibility index (Phi) is 6.10. The number of amides is 1. The number of halogens is 1. The third kappa shape index (κ3) is 4.55. The molecular weight excluding hydrogens is 484 g/mol. The van der Waals surface area contributed by atoms with Crippen LogP contribution in [-0.2, 0) is 0 Å². The van der Waals surface area contributed by atoms with Crippen molar-refractivity contribution in [3.8, 4) is 11.4 Å². The monoisotopic (exact) mass is 504 g/mol. The molecule has 8 nitrogen and oxygen atoms in total. The van der Waals surface area contributed by atoms with Crippen LogP contribution in [0.5, 0.6) is 0 Å². The molecule has 0 aliphatic carbocycles. The highest BCUT2D eigenvalue weighted by Crippen LogP contribution is 2.31. The number of thiazole rings is 1. The number of hydrogen-bond donors (Lipinski definition) is 3. The molecular formula is C25H21ClN6O2S. The molecule has 0 unspecified atom stereocenters. The highest BCUT2D eigenvalue weighted by Gasteiger charge is 2.19. The molecule has 1 atom stereocenters. The molecule has 0 bridgehead atoms. The normalized spacial score (nSPS) is 12.1. The van der Waals surface area contributed by atoms with Gasteiger partial charge in [-0.05, 0) is 61.0 Å². The van der Waals surface area contributed by atoms with Gasteiger partial charge in [0.05, 0.1) is 21.8 Å². The summed E-state index contributed by atoms with van der Waals surface area (Å²) in [5.41, 5.74) is 3.39. The lowest BCUT2D eigenvalue weighted by Gasteiger charge is -2.15. The van der Waals surface area contributed by atoms with Crippen molar-refractivity contribution in [3.63, 3.8) is 0 Å². The van der Waals surface area contributed by atoms with E-state index in [4.69, 9.17) is 11.6 Å². The Bertz CT molecular complexity index is 1560. The highest BCUT2D eigenvalue weighted by atomic mass is 35.5. The number of rotatable bonds is 7. The molecule has 3 heterocycles. The van der Waals surface area contributed by atoms with Gasteiger partial charge >= 0.3 is 0 Å². The summed E-state index contributed by atoms with van der Waals surface area (Å²) in [5.74, 6) is 0.168. The predicted octanol–water partition coefficient (Wildman–Crippen LogP) is 5.98. The van der Waals surface area contributed by atoms with Gasteiger partial charge in [-0.3, -0.25) is 9.20 Å². The van der Waals surface area contributed by atoms with E-state index < -0.39 is 6.04 Å². The first-order valence-electron chi connectivity index (χ1n) is 10.9. The lowest BCUT2D eigenvalue weighted by atomic mass is 10.1. The zero-order valence-electron chi connectivity index (χ0n) is 18.7. The Labute approximate surface area is 209 Å². The van der Waals surface area contributed by atoms with Gasteiger partial charge in [-0.2, -0.15) is 0 Å². The van der Waals surface area contributed by atoms with Crippen molar-refractivity contribution < 1.29 is 9.90 Å². The highest BCUT2D eigenvalue weighted by molar-refractivity contribution is 7.22. The van der Waals surface area contributed by atoms with Gasteiger partial charge in [-0.25, -0.2) is 4.98 Å². The number of aliphatic hydroxyl groups is 1. The van der Waals surface area contributed by atoms with E-state index in [0.29, 0.717) is 28.5 Å². The van der Waals surface area contributed by atoms with E-state index in [9.17, 15) is 9.90 Å². The van der Waals surface area contributed by atoms with E-state index >= 15 is 0 Å². The summed E-state index contributed by atoms with van der Waals surface area (Å²) in [6.45, 7) is 5.38. The first kappa shape index (κ1) is 22.8. The van der Waals surface area contributed by atoms with Crippen molar-refractivity contribution in [1.29, 1.82) is 0 Å². The van der Waals surface area contributed by atoms with Gasteiger partial charge in [0.15, 0.2) is 16.6 Å². The second kappa shape index (κ2) is 9.36. The van der Waals surface area contributed by atoms with Gasteiger partial charge in [0, 0.05) is 22.5 Å².